The Bertz CT molecular complexity index is 273. The molecular weight excluding hydrogens is 167 g/mol. The fraction of sp³-hybridized carbons (Fsp3) is 0.125. The van der Waals surface area contributed by atoms with Crippen molar-refractivity contribution in [2.45, 2.75) is 6.18 Å². The summed E-state index contributed by atoms with van der Waals surface area (Å²) >= 11 is 0. The lowest BCUT2D eigenvalue weighted by molar-refractivity contribution is -0.137. The van der Waals surface area contributed by atoms with Gasteiger partial charge in [0.2, 0.25) is 0 Å². The summed E-state index contributed by atoms with van der Waals surface area (Å²) in [6, 6.07) is 4.50. The molecule has 0 N–H and O–H groups in total. The molecule has 0 atom stereocenters. The summed E-state index contributed by atoms with van der Waals surface area (Å²) in [5.74, 6) is 0. The van der Waals surface area contributed by atoms with E-state index in [9.17, 15) is 13.2 Å². The molecule has 0 heterocycles. The van der Waals surface area contributed by atoms with E-state index < -0.39 is 11.7 Å². The average molecular weight is 173 g/mol. The molecule has 1 aromatic rings. The number of halogens is 3. The topological polar surface area (TPSA) is 12.4 Å². The Hall–Kier alpha value is -1.32. The molecule has 0 aliphatic carbocycles. The summed E-state index contributed by atoms with van der Waals surface area (Å²) in [6.07, 6.45) is -4.28. The summed E-state index contributed by atoms with van der Waals surface area (Å²) in [4.78, 5) is 3.48. The molecule has 0 bridgehead atoms. The highest BCUT2D eigenvalue weighted by Gasteiger charge is 2.29. The van der Waals surface area contributed by atoms with Crippen LogP contribution < -0.4 is 0 Å². The molecule has 0 saturated carbocycles. The highest BCUT2D eigenvalue weighted by molar-refractivity contribution is 5.46. The van der Waals surface area contributed by atoms with Gasteiger partial charge < -0.3 is 0 Å². The fourth-order valence-electron chi connectivity index (χ4n) is 0.756. The lowest BCUT2D eigenvalue weighted by atomic mass is 10.2. The Morgan fingerprint density at radius 2 is 1.58 bits per heavy atom. The third-order valence-corrected chi connectivity index (χ3v) is 1.38. The van der Waals surface area contributed by atoms with Crippen LogP contribution in [0.4, 0.5) is 18.9 Å². The van der Waals surface area contributed by atoms with E-state index in [1.807, 2.05) is 0 Å². The monoisotopic (exact) mass is 173 g/mol. The maximum atomic E-state index is 12.0. The Morgan fingerprint density at radius 1 is 1.08 bits per heavy atom. The first-order valence-corrected chi connectivity index (χ1v) is 3.18. The van der Waals surface area contributed by atoms with Crippen molar-refractivity contribution < 1.29 is 13.2 Å². The predicted octanol–water partition coefficient (Wildman–Crippen LogP) is 3.04. The third-order valence-electron chi connectivity index (χ3n) is 1.38. The Balaban J connectivity index is 3.00. The average Bonchev–Trinajstić information content (AvgIpc) is 2.03. The van der Waals surface area contributed by atoms with Crippen molar-refractivity contribution in [3.05, 3.63) is 29.8 Å². The first-order valence-electron chi connectivity index (χ1n) is 3.18. The van der Waals surface area contributed by atoms with Crippen LogP contribution in [0.2, 0.25) is 0 Å². The van der Waals surface area contributed by atoms with Crippen LogP contribution in [0.3, 0.4) is 0 Å². The molecule has 64 valence electrons. The molecular formula is C8H6F3N. The second kappa shape index (κ2) is 2.97. The Kier molecular flexibility index (Phi) is 2.17. The molecule has 4 heteroatoms. The first kappa shape index (κ1) is 8.77. The van der Waals surface area contributed by atoms with Crippen LogP contribution in [0.25, 0.3) is 0 Å². The van der Waals surface area contributed by atoms with E-state index in [0.29, 0.717) is 5.69 Å². The highest BCUT2D eigenvalue weighted by Crippen LogP contribution is 2.30. The minimum absolute atomic E-state index is 0.433. The zero-order valence-corrected chi connectivity index (χ0v) is 6.10. The molecule has 0 spiro atoms. The molecule has 0 aromatic heterocycles. The number of benzene rings is 1. The molecule has 0 saturated heterocycles. The zero-order valence-electron chi connectivity index (χ0n) is 6.10. The number of nitrogens with zero attached hydrogens (tertiary/aromatic N) is 1. The van der Waals surface area contributed by atoms with Crippen LogP contribution in [0, 0.1) is 0 Å². The second-order valence-corrected chi connectivity index (χ2v) is 2.20. The van der Waals surface area contributed by atoms with E-state index in [1.54, 1.807) is 0 Å². The summed E-state index contributed by atoms with van der Waals surface area (Å²) in [5, 5.41) is 0. The van der Waals surface area contributed by atoms with Crippen molar-refractivity contribution in [3.63, 3.8) is 0 Å². The van der Waals surface area contributed by atoms with Crippen molar-refractivity contribution >= 4 is 12.4 Å². The standard InChI is InChI=1S/C8H6F3N/c1-12-7-4-2-6(3-5-7)8(9,10)11/h2-5H,1H2. The minimum atomic E-state index is -4.28. The molecule has 0 radical (unpaired) electrons. The first-order chi connectivity index (χ1) is 5.54. The summed E-state index contributed by atoms with van der Waals surface area (Å²) in [5.41, 5.74) is -0.238. The number of hydrogen-bond donors (Lipinski definition) is 0. The van der Waals surface area contributed by atoms with Gasteiger partial charge in [-0.05, 0) is 31.0 Å². The zero-order chi connectivity index (χ0) is 9.19. The van der Waals surface area contributed by atoms with Crippen molar-refractivity contribution in [1.82, 2.24) is 0 Å². The van der Waals surface area contributed by atoms with Gasteiger partial charge in [-0.2, -0.15) is 13.2 Å². The SMILES string of the molecule is C=Nc1ccc(C(F)(F)F)cc1. The molecule has 0 aliphatic rings. The quantitative estimate of drug-likeness (QED) is 0.579. The maximum absolute atomic E-state index is 12.0. The largest absolute Gasteiger partial charge is 0.416 e. The van der Waals surface area contributed by atoms with Gasteiger partial charge in [0.05, 0.1) is 11.3 Å². The van der Waals surface area contributed by atoms with Gasteiger partial charge in [0.25, 0.3) is 0 Å². The van der Waals surface area contributed by atoms with Crippen molar-refractivity contribution in [2.24, 2.45) is 4.99 Å². The summed E-state index contributed by atoms with van der Waals surface area (Å²) < 4.78 is 35.9. The summed E-state index contributed by atoms with van der Waals surface area (Å²) in [7, 11) is 0. The number of alkyl halides is 3. The minimum Gasteiger partial charge on any atom is -0.265 e. The lowest BCUT2D eigenvalue weighted by Gasteiger charge is -2.05. The van der Waals surface area contributed by atoms with Crippen LogP contribution in [0.5, 0.6) is 0 Å². The fourth-order valence-corrected chi connectivity index (χ4v) is 0.756. The smallest absolute Gasteiger partial charge is 0.265 e. The number of rotatable bonds is 1. The second-order valence-electron chi connectivity index (χ2n) is 2.20. The molecule has 1 aromatic carbocycles. The van der Waals surface area contributed by atoms with Crippen LogP contribution in [-0.2, 0) is 6.18 Å². The molecule has 0 fully saturated rings. The van der Waals surface area contributed by atoms with E-state index in [-0.39, 0.29) is 0 Å². The van der Waals surface area contributed by atoms with E-state index in [1.165, 1.54) is 12.1 Å². The van der Waals surface area contributed by atoms with Crippen LogP contribution in [0.1, 0.15) is 5.56 Å². The molecule has 0 aliphatic heterocycles. The molecule has 1 rings (SSSR count). The van der Waals surface area contributed by atoms with E-state index in [2.05, 4.69) is 11.7 Å². The van der Waals surface area contributed by atoms with Crippen LogP contribution >= 0.6 is 0 Å². The van der Waals surface area contributed by atoms with Gasteiger partial charge >= 0.3 is 6.18 Å². The van der Waals surface area contributed by atoms with E-state index in [4.69, 9.17) is 0 Å². The maximum Gasteiger partial charge on any atom is 0.416 e. The van der Waals surface area contributed by atoms with Crippen molar-refractivity contribution in [1.29, 1.82) is 0 Å². The van der Waals surface area contributed by atoms with Crippen molar-refractivity contribution in [3.8, 4) is 0 Å². The normalized spacial score (nSPS) is 11.2. The van der Waals surface area contributed by atoms with E-state index >= 15 is 0 Å². The molecule has 0 unspecified atom stereocenters. The predicted molar refractivity (Wildman–Crippen MR) is 40.7 cm³/mol. The van der Waals surface area contributed by atoms with Gasteiger partial charge in [-0.15, -0.1) is 0 Å². The summed E-state index contributed by atoms with van der Waals surface area (Å²) in [6.45, 7) is 3.19. The van der Waals surface area contributed by atoms with Gasteiger partial charge in [0, 0.05) is 0 Å². The molecule has 12 heavy (non-hydrogen) atoms. The van der Waals surface area contributed by atoms with Crippen molar-refractivity contribution in [2.75, 3.05) is 0 Å². The van der Waals surface area contributed by atoms with E-state index in [0.717, 1.165) is 12.1 Å². The lowest BCUT2D eigenvalue weighted by Crippen LogP contribution is -2.03. The van der Waals surface area contributed by atoms with Crippen LogP contribution in [-0.4, -0.2) is 6.72 Å². The Labute approximate surface area is 67.6 Å². The number of hydrogen-bond acceptors (Lipinski definition) is 1. The van der Waals surface area contributed by atoms with Gasteiger partial charge in [0.1, 0.15) is 0 Å². The molecule has 1 nitrogen and oxygen atoms in total. The van der Waals surface area contributed by atoms with Gasteiger partial charge in [-0.1, -0.05) is 0 Å². The van der Waals surface area contributed by atoms with Gasteiger partial charge in [-0.25, -0.2) is 0 Å². The number of aliphatic imine (C=N–C) groups is 1. The highest BCUT2D eigenvalue weighted by atomic mass is 19.4. The van der Waals surface area contributed by atoms with Gasteiger partial charge in [-0.3, -0.25) is 4.99 Å². The third kappa shape index (κ3) is 1.84. The van der Waals surface area contributed by atoms with Crippen LogP contribution in [0.15, 0.2) is 29.3 Å². The molecule has 0 amide bonds. The Morgan fingerprint density at radius 3 is 1.92 bits per heavy atom. The van der Waals surface area contributed by atoms with Gasteiger partial charge in [0.15, 0.2) is 0 Å².